The lowest BCUT2D eigenvalue weighted by Gasteiger charge is -2.22. The lowest BCUT2D eigenvalue weighted by atomic mass is 9.89. The van der Waals surface area contributed by atoms with Crippen LogP contribution in [0.5, 0.6) is 5.75 Å². The molecule has 0 unspecified atom stereocenters. The van der Waals surface area contributed by atoms with E-state index in [1.807, 2.05) is 16.8 Å². The van der Waals surface area contributed by atoms with Gasteiger partial charge < -0.3 is 9.15 Å². The summed E-state index contributed by atoms with van der Waals surface area (Å²) in [4.78, 5) is 23.5. The van der Waals surface area contributed by atoms with Gasteiger partial charge in [0.1, 0.15) is 11.5 Å². The van der Waals surface area contributed by atoms with Crippen molar-refractivity contribution in [3.63, 3.8) is 0 Å². The quantitative estimate of drug-likeness (QED) is 0.741. The Kier molecular flexibility index (Phi) is 2.56. The van der Waals surface area contributed by atoms with Gasteiger partial charge in [0.15, 0.2) is 0 Å². The number of ether oxygens (including phenoxy) is 1. The van der Waals surface area contributed by atoms with Gasteiger partial charge in [-0.15, -0.1) is 0 Å². The minimum Gasteiger partial charge on any atom is -0.428 e. The van der Waals surface area contributed by atoms with Gasteiger partial charge in [0.2, 0.25) is 0 Å². The van der Waals surface area contributed by atoms with Crippen LogP contribution in [0.3, 0.4) is 0 Å². The highest BCUT2D eigenvalue weighted by atomic mass is 32.1. The third kappa shape index (κ3) is 1.76. The predicted molar refractivity (Wildman–Crippen MR) is 66.1 cm³/mol. The summed E-state index contributed by atoms with van der Waals surface area (Å²) in [5, 5.41) is 3.86. The summed E-state index contributed by atoms with van der Waals surface area (Å²) in [5.74, 6) is 0.196. The van der Waals surface area contributed by atoms with Crippen molar-refractivity contribution in [3.8, 4) is 5.75 Å². The van der Waals surface area contributed by atoms with Crippen LogP contribution in [0.25, 0.3) is 0 Å². The summed E-state index contributed by atoms with van der Waals surface area (Å²) in [6, 6.07) is 3.50. The fraction of sp³-hybridized carbons (Fsp3) is 0.231. The molecule has 92 valence electrons. The zero-order chi connectivity index (χ0) is 12.7. The standard InChI is InChI=1S/C13H10O4S/c1-7-4-10-12(13(15)16-7)9(5-11(14)17-10)8-2-3-18-6-8/h2-4,6,9H,5H2,1H3/t9-/m1/s1. The summed E-state index contributed by atoms with van der Waals surface area (Å²) in [6.45, 7) is 1.66. The van der Waals surface area contributed by atoms with Crippen LogP contribution in [-0.4, -0.2) is 5.97 Å². The molecule has 3 rings (SSSR count). The second kappa shape index (κ2) is 4.10. The van der Waals surface area contributed by atoms with E-state index >= 15 is 0 Å². The van der Waals surface area contributed by atoms with Gasteiger partial charge in [-0.3, -0.25) is 4.79 Å². The summed E-state index contributed by atoms with van der Waals surface area (Å²) in [5.41, 5.74) is 0.973. The highest BCUT2D eigenvalue weighted by molar-refractivity contribution is 7.08. The van der Waals surface area contributed by atoms with Crippen LogP contribution in [0.4, 0.5) is 0 Å². The SMILES string of the molecule is Cc1cc2c(c(=O)o1)[C@@H](c1ccsc1)CC(=O)O2. The van der Waals surface area contributed by atoms with Crippen LogP contribution in [-0.2, 0) is 4.79 Å². The molecule has 0 N–H and O–H groups in total. The Labute approximate surface area is 107 Å². The van der Waals surface area contributed by atoms with Gasteiger partial charge in [-0.1, -0.05) is 0 Å². The number of esters is 1. The molecule has 5 heteroatoms. The van der Waals surface area contributed by atoms with Crippen molar-refractivity contribution in [1.82, 2.24) is 0 Å². The Balaban J connectivity index is 2.21. The first-order valence-electron chi connectivity index (χ1n) is 5.52. The molecular formula is C13H10O4S. The first-order valence-corrected chi connectivity index (χ1v) is 6.47. The van der Waals surface area contributed by atoms with Crippen molar-refractivity contribution in [2.45, 2.75) is 19.3 Å². The highest BCUT2D eigenvalue weighted by Gasteiger charge is 2.32. The Hall–Kier alpha value is -1.88. The maximum absolute atomic E-state index is 11.9. The summed E-state index contributed by atoms with van der Waals surface area (Å²) in [7, 11) is 0. The number of rotatable bonds is 1. The van der Waals surface area contributed by atoms with Crippen molar-refractivity contribution in [3.05, 3.63) is 50.2 Å². The number of fused-ring (bicyclic) bond motifs is 1. The van der Waals surface area contributed by atoms with Gasteiger partial charge in [-0.05, 0) is 29.3 Å². The first kappa shape index (κ1) is 11.2. The second-order valence-corrected chi connectivity index (χ2v) is 4.99. The molecule has 0 aromatic carbocycles. The maximum Gasteiger partial charge on any atom is 0.343 e. The van der Waals surface area contributed by atoms with Gasteiger partial charge in [0.05, 0.1) is 12.0 Å². The molecule has 2 aromatic heterocycles. The van der Waals surface area contributed by atoms with E-state index in [1.54, 1.807) is 13.0 Å². The van der Waals surface area contributed by atoms with E-state index in [2.05, 4.69) is 0 Å². The molecule has 1 aliphatic rings. The Morgan fingerprint density at radius 2 is 2.22 bits per heavy atom. The molecule has 1 aliphatic heterocycles. The third-order valence-electron chi connectivity index (χ3n) is 2.96. The Bertz CT molecular complexity index is 654. The number of aryl methyl sites for hydroxylation is 1. The molecule has 0 bridgehead atoms. The van der Waals surface area contributed by atoms with Crippen molar-refractivity contribution in [2.75, 3.05) is 0 Å². The summed E-state index contributed by atoms with van der Waals surface area (Å²) >= 11 is 1.53. The van der Waals surface area contributed by atoms with Gasteiger partial charge in [-0.25, -0.2) is 4.79 Å². The number of thiophene rings is 1. The zero-order valence-corrected chi connectivity index (χ0v) is 10.5. The highest BCUT2D eigenvalue weighted by Crippen LogP contribution is 2.37. The number of hydrogen-bond donors (Lipinski definition) is 0. The van der Waals surface area contributed by atoms with Gasteiger partial charge in [0, 0.05) is 12.0 Å². The Morgan fingerprint density at radius 1 is 1.39 bits per heavy atom. The van der Waals surface area contributed by atoms with E-state index in [-0.39, 0.29) is 18.3 Å². The summed E-state index contributed by atoms with van der Waals surface area (Å²) in [6.07, 6.45) is 0.178. The first-order chi connectivity index (χ1) is 8.65. The molecule has 4 nitrogen and oxygen atoms in total. The molecule has 1 atom stereocenters. The molecule has 2 aromatic rings. The van der Waals surface area contributed by atoms with Crippen molar-refractivity contribution >= 4 is 17.3 Å². The molecule has 0 radical (unpaired) electrons. The van der Waals surface area contributed by atoms with E-state index in [4.69, 9.17) is 9.15 Å². The fourth-order valence-electron chi connectivity index (χ4n) is 2.18. The molecule has 18 heavy (non-hydrogen) atoms. The Morgan fingerprint density at radius 3 is 2.94 bits per heavy atom. The average molecular weight is 262 g/mol. The average Bonchev–Trinajstić information content (AvgIpc) is 2.79. The molecule has 0 fully saturated rings. The van der Waals surface area contributed by atoms with Crippen molar-refractivity contribution in [1.29, 1.82) is 0 Å². The zero-order valence-electron chi connectivity index (χ0n) is 9.64. The largest absolute Gasteiger partial charge is 0.428 e. The lowest BCUT2D eigenvalue weighted by molar-refractivity contribution is -0.135. The topological polar surface area (TPSA) is 56.5 Å². The minimum atomic E-state index is -0.423. The van der Waals surface area contributed by atoms with E-state index in [0.717, 1.165) is 5.56 Å². The molecule has 0 amide bonds. The number of carbonyl (C=O) groups is 1. The van der Waals surface area contributed by atoms with E-state index < -0.39 is 5.63 Å². The number of carbonyl (C=O) groups excluding carboxylic acids is 1. The maximum atomic E-state index is 11.9. The predicted octanol–water partition coefficient (Wildman–Crippen LogP) is 2.45. The van der Waals surface area contributed by atoms with Crippen LogP contribution in [0.2, 0.25) is 0 Å². The van der Waals surface area contributed by atoms with Crippen LogP contribution in [0.1, 0.15) is 29.2 Å². The van der Waals surface area contributed by atoms with Crippen molar-refractivity contribution in [2.24, 2.45) is 0 Å². The smallest absolute Gasteiger partial charge is 0.343 e. The summed E-state index contributed by atoms with van der Waals surface area (Å²) < 4.78 is 10.2. The molecule has 0 spiro atoms. The van der Waals surface area contributed by atoms with Gasteiger partial charge in [-0.2, -0.15) is 11.3 Å². The van der Waals surface area contributed by atoms with Crippen LogP contribution < -0.4 is 10.4 Å². The number of hydrogen-bond acceptors (Lipinski definition) is 5. The van der Waals surface area contributed by atoms with E-state index in [9.17, 15) is 9.59 Å². The molecule has 0 aliphatic carbocycles. The molecule has 3 heterocycles. The molecule has 0 saturated heterocycles. The van der Waals surface area contributed by atoms with Crippen LogP contribution in [0.15, 0.2) is 32.1 Å². The van der Waals surface area contributed by atoms with Crippen LogP contribution in [0, 0.1) is 6.92 Å². The fourth-order valence-corrected chi connectivity index (χ4v) is 2.90. The monoisotopic (exact) mass is 262 g/mol. The van der Waals surface area contributed by atoms with Crippen LogP contribution >= 0.6 is 11.3 Å². The second-order valence-electron chi connectivity index (χ2n) is 4.21. The third-order valence-corrected chi connectivity index (χ3v) is 3.66. The van der Waals surface area contributed by atoms with Crippen molar-refractivity contribution < 1.29 is 13.9 Å². The van der Waals surface area contributed by atoms with Gasteiger partial charge in [0.25, 0.3) is 0 Å². The minimum absolute atomic E-state index is 0.178. The van der Waals surface area contributed by atoms with Gasteiger partial charge >= 0.3 is 11.6 Å². The van der Waals surface area contributed by atoms with E-state index in [0.29, 0.717) is 17.1 Å². The van der Waals surface area contributed by atoms with E-state index in [1.165, 1.54) is 11.3 Å². The molecular weight excluding hydrogens is 252 g/mol. The molecule has 0 saturated carbocycles. The normalized spacial score (nSPS) is 18.3. The lowest BCUT2D eigenvalue weighted by Crippen LogP contribution is -2.26.